The van der Waals surface area contributed by atoms with Crippen molar-refractivity contribution in [2.24, 2.45) is 0 Å². The summed E-state index contributed by atoms with van der Waals surface area (Å²) in [7, 11) is 0. The highest BCUT2D eigenvalue weighted by molar-refractivity contribution is 9.10. The van der Waals surface area contributed by atoms with Gasteiger partial charge in [-0.3, -0.25) is 4.79 Å². The highest BCUT2D eigenvalue weighted by Crippen LogP contribution is 2.30. The molecule has 0 saturated carbocycles. The van der Waals surface area contributed by atoms with Crippen LogP contribution in [-0.2, 0) is 12.8 Å². The molecule has 0 radical (unpaired) electrons. The first kappa shape index (κ1) is 9.22. The Morgan fingerprint density at radius 3 is 2.85 bits per heavy atom. The zero-order chi connectivity index (χ0) is 9.42. The van der Waals surface area contributed by atoms with Crippen LogP contribution in [0.3, 0.4) is 0 Å². The standard InChI is InChI=1S/C10H8BrClO/c11-9-5-7(10(12)13)4-6-2-1-3-8(6)9/h4-5H,1-3H2. The first-order chi connectivity index (χ1) is 6.18. The molecule has 1 aliphatic rings. The summed E-state index contributed by atoms with van der Waals surface area (Å²) in [5, 5.41) is -0.379. The predicted octanol–water partition coefficient (Wildman–Crippen LogP) is 3.32. The van der Waals surface area contributed by atoms with E-state index in [9.17, 15) is 4.79 Å². The van der Waals surface area contributed by atoms with Crippen molar-refractivity contribution in [3.05, 3.63) is 33.3 Å². The molecule has 1 aliphatic carbocycles. The second kappa shape index (κ2) is 3.43. The number of aryl methyl sites for hydroxylation is 1. The first-order valence-corrected chi connectivity index (χ1v) is 5.36. The third-order valence-electron chi connectivity index (χ3n) is 2.39. The Morgan fingerprint density at radius 1 is 1.38 bits per heavy atom. The minimum atomic E-state index is -0.379. The van der Waals surface area contributed by atoms with Crippen LogP contribution in [0.2, 0.25) is 0 Å². The van der Waals surface area contributed by atoms with E-state index in [1.165, 1.54) is 17.5 Å². The summed E-state index contributed by atoms with van der Waals surface area (Å²) in [6, 6.07) is 3.71. The Hall–Kier alpha value is -0.340. The Kier molecular flexibility index (Phi) is 2.43. The molecule has 2 rings (SSSR count). The normalized spacial score (nSPS) is 14.3. The van der Waals surface area contributed by atoms with Crippen molar-refractivity contribution < 1.29 is 4.79 Å². The number of carbonyl (C=O) groups excluding carboxylic acids is 1. The van der Waals surface area contributed by atoms with Gasteiger partial charge in [-0.1, -0.05) is 15.9 Å². The monoisotopic (exact) mass is 258 g/mol. The number of benzene rings is 1. The van der Waals surface area contributed by atoms with Gasteiger partial charge in [-0.2, -0.15) is 0 Å². The van der Waals surface area contributed by atoms with Gasteiger partial charge in [0.15, 0.2) is 0 Å². The van der Waals surface area contributed by atoms with Crippen molar-refractivity contribution in [2.75, 3.05) is 0 Å². The van der Waals surface area contributed by atoms with E-state index >= 15 is 0 Å². The van der Waals surface area contributed by atoms with Crippen LogP contribution in [-0.4, -0.2) is 5.24 Å². The SMILES string of the molecule is O=C(Cl)c1cc(Br)c2c(c1)CCC2. The second-order valence-electron chi connectivity index (χ2n) is 3.22. The highest BCUT2D eigenvalue weighted by atomic mass is 79.9. The molecule has 0 saturated heterocycles. The number of carbonyl (C=O) groups is 1. The third-order valence-corrected chi connectivity index (χ3v) is 3.31. The van der Waals surface area contributed by atoms with Crippen LogP contribution < -0.4 is 0 Å². The van der Waals surface area contributed by atoms with Crippen molar-refractivity contribution >= 4 is 32.8 Å². The third kappa shape index (κ3) is 1.65. The van der Waals surface area contributed by atoms with Gasteiger partial charge in [0.25, 0.3) is 5.24 Å². The van der Waals surface area contributed by atoms with Crippen LogP contribution in [0.15, 0.2) is 16.6 Å². The maximum Gasteiger partial charge on any atom is 0.252 e. The van der Waals surface area contributed by atoms with Crippen LogP contribution in [0.5, 0.6) is 0 Å². The predicted molar refractivity (Wildman–Crippen MR) is 56.4 cm³/mol. The number of rotatable bonds is 1. The molecule has 1 nitrogen and oxygen atoms in total. The first-order valence-electron chi connectivity index (χ1n) is 4.19. The van der Waals surface area contributed by atoms with Gasteiger partial charge < -0.3 is 0 Å². The smallest absolute Gasteiger partial charge is 0.252 e. The van der Waals surface area contributed by atoms with Crippen LogP contribution >= 0.6 is 27.5 Å². The maximum absolute atomic E-state index is 10.9. The number of halogens is 2. The van der Waals surface area contributed by atoms with Gasteiger partial charge in [0.05, 0.1) is 0 Å². The quantitative estimate of drug-likeness (QED) is 0.707. The van der Waals surface area contributed by atoms with E-state index < -0.39 is 0 Å². The Balaban J connectivity index is 2.55. The molecule has 0 aliphatic heterocycles. The summed E-state index contributed by atoms with van der Waals surface area (Å²) < 4.78 is 1.02. The minimum Gasteiger partial charge on any atom is -0.276 e. The van der Waals surface area contributed by atoms with Gasteiger partial charge in [-0.05, 0) is 54.1 Å². The molecule has 0 heterocycles. The van der Waals surface area contributed by atoms with Crippen molar-refractivity contribution in [1.82, 2.24) is 0 Å². The molecule has 0 bridgehead atoms. The average Bonchev–Trinajstić information content (AvgIpc) is 2.51. The topological polar surface area (TPSA) is 17.1 Å². The van der Waals surface area contributed by atoms with Gasteiger partial charge in [-0.15, -0.1) is 0 Å². The zero-order valence-electron chi connectivity index (χ0n) is 6.94. The van der Waals surface area contributed by atoms with E-state index in [0.717, 1.165) is 17.3 Å². The molecule has 68 valence electrons. The van der Waals surface area contributed by atoms with Gasteiger partial charge >= 0.3 is 0 Å². The summed E-state index contributed by atoms with van der Waals surface area (Å²) in [5.74, 6) is 0. The fraction of sp³-hybridized carbons (Fsp3) is 0.300. The summed E-state index contributed by atoms with van der Waals surface area (Å²) >= 11 is 8.87. The molecule has 13 heavy (non-hydrogen) atoms. The van der Waals surface area contributed by atoms with E-state index in [-0.39, 0.29) is 5.24 Å². The zero-order valence-corrected chi connectivity index (χ0v) is 9.28. The van der Waals surface area contributed by atoms with E-state index in [1.54, 1.807) is 6.07 Å². The Morgan fingerprint density at radius 2 is 2.15 bits per heavy atom. The molecule has 0 aromatic heterocycles. The fourth-order valence-corrected chi connectivity index (χ4v) is 2.57. The average molecular weight is 260 g/mol. The van der Waals surface area contributed by atoms with Crippen molar-refractivity contribution in [2.45, 2.75) is 19.3 Å². The molecule has 0 N–H and O–H groups in total. The Labute approximate surface area is 90.2 Å². The molecule has 0 atom stereocenters. The van der Waals surface area contributed by atoms with Gasteiger partial charge in [0.2, 0.25) is 0 Å². The molecule has 0 unspecified atom stereocenters. The molecule has 0 amide bonds. The molecular weight excluding hydrogens is 251 g/mol. The second-order valence-corrected chi connectivity index (χ2v) is 4.42. The fourth-order valence-electron chi connectivity index (χ4n) is 1.77. The van der Waals surface area contributed by atoms with Crippen LogP contribution in [0.25, 0.3) is 0 Å². The lowest BCUT2D eigenvalue weighted by molar-refractivity contribution is 0.108. The summed E-state index contributed by atoms with van der Waals surface area (Å²) in [6.45, 7) is 0. The van der Waals surface area contributed by atoms with Crippen molar-refractivity contribution in [3.63, 3.8) is 0 Å². The number of hydrogen-bond acceptors (Lipinski definition) is 1. The lowest BCUT2D eigenvalue weighted by Crippen LogP contribution is -1.93. The molecule has 3 heteroatoms. The Bertz CT molecular complexity index is 373. The van der Waals surface area contributed by atoms with Crippen LogP contribution in [0, 0.1) is 0 Å². The number of fused-ring (bicyclic) bond motifs is 1. The molecule has 1 aromatic carbocycles. The summed E-state index contributed by atoms with van der Waals surface area (Å²) in [5.41, 5.74) is 3.19. The largest absolute Gasteiger partial charge is 0.276 e. The molecular formula is C10H8BrClO. The van der Waals surface area contributed by atoms with E-state index in [1.807, 2.05) is 6.07 Å². The van der Waals surface area contributed by atoms with Crippen LogP contribution in [0.4, 0.5) is 0 Å². The van der Waals surface area contributed by atoms with E-state index in [2.05, 4.69) is 15.9 Å². The lowest BCUT2D eigenvalue weighted by atomic mass is 10.1. The lowest BCUT2D eigenvalue weighted by Gasteiger charge is -2.03. The van der Waals surface area contributed by atoms with Gasteiger partial charge in [-0.25, -0.2) is 0 Å². The van der Waals surface area contributed by atoms with Crippen LogP contribution in [0.1, 0.15) is 27.9 Å². The highest BCUT2D eigenvalue weighted by Gasteiger charge is 2.16. The summed E-state index contributed by atoms with van der Waals surface area (Å²) in [4.78, 5) is 10.9. The molecule has 0 fully saturated rings. The van der Waals surface area contributed by atoms with Gasteiger partial charge in [0.1, 0.15) is 0 Å². The molecule has 0 spiro atoms. The minimum absolute atomic E-state index is 0.379. The molecule has 1 aromatic rings. The number of hydrogen-bond donors (Lipinski definition) is 0. The van der Waals surface area contributed by atoms with Gasteiger partial charge in [0, 0.05) is 10.0 Å². The van der Waals surface area contributed by atoms with E-state index in [4.69, 9.17) is 11.6 Å². The summed E-state index contributed by atoms with van der Waals surface area (Å²) in [6.07, 6.45) is 3.34. The van der Waals surface area contributed by atoms with Crippen molar-refractivity contribution in [3.8, 4) is 0 Å². The van der Waals surface area contributed by atoms with E-state index in [0.29, 0.717) is 5.56 Å². The van der Waals surface area contributed by atoms with Crippen molar-refractivity contribution in [1.29, 1.82) is 0 Å². The maximum atomic E-state index is 10.9.